The average molecular weight is 404 g/mol. The van der Waals surface area contributed by atoms with Gasteiger partial charge in [-0.2, -0.15) is 13.2 Å². The predicted molar refractivity (Wildman–Crippen MR) is 107 cm³/mol. The van der Waals surface area contributed by atoms with Crippen LogP contribution in [0.3, 0.4) is 0 Å². The quantitative estimate of drug-likeness (QED) is 0.626. The molecule has 0 aliphatic rings. The Kier molecular flexibility index (Phi) is 7.36. The highest BCUT2D eigenvalue weighted by Gasteiger charge is 2.43. The minimum atomic E-state index is -5.19. The van der Waals surface area contributed by atoms with Gasteiger partial charge in [-0.05, 0) is 43.3 Å². The van der Waals surface area contributed by atoms with Crippen molar-refractivity contribution < 1.29 is 23.1 Å². The molecule has 3 aromatic carbocycles. The number of benzene rings is 3. The Balaban J connectivity index is 0.000000345. The second-order valence-corrected chi connectivity index (χ2v) is 9.72. The summed E-state index contributed by atoms with van der Waals surface area (Å²) in [7, 11) is -1.53. The summed E-state index contributed by atoms with van der Waals surface area (Å²) in [5.74, 6) is -3.01. The Morgan fingerprint density at radius 1 is 0.750 bits per heavy atom. The van der Waals surface area contributed by atoms with Crippen molar-refractivity contribution in [3.05, 3.63) is 91.0 Å². The van der Waals surface area contributed by atoms with Gasteiger partial charge in [-0.3, -0.25) is 0 Å². The number of hydrogen-bond donors (Lipinski definition) is 0. The van der Waals surface area contributed by atoms with E-state index in [1.165, 1.54) is 15.9 Å². The molecule has 146 valence electrons. The van der Waals surface area contributed by atoms with Crippen molar-refractivity contribution >= 4 is 29.1 Å². The molecule has 0 aliphatic heterocycles. The van der Waals surface area contributed by atoms with Gasteiger partial charge >= 0.3 is 6.18 Å². The fourth-order valence-corrected chi connectivity index (χ4v) is 7.08. The van der Waals surface area contributed by atoms with Crippen LogP contribution in [0.1, 0.15) is 6.92 Å². The lowest BCUT2D eigenvalue weighted by Gasteiger charge is -2.26. The number of carboxylic acid groups (broad SMARTS) is 1. The molecule has 0 unspecified atom stereocenters. The summed E-state index contributed by atoms with van der Waals surface area (Å²) in [5, 5.41) is 13.2. The molecule has 0 amide bonds. The molecule has 3 rings (SSSR count). The van der Waals surface area contributed by atoms with Crippen molar-refractivity contribution in [1.29, 1.82) is 0 Å². The number of carbonyl (C=O) groups is 1. The number of rotatable bonds is 4. The number of carbonyl (C=O) groups excluding carboxylic acids is 1. The van der Waals surface area contributed by atoms with Gasteiger partial charge in [0.2, 0.25) is 0 Å². The molecular weight excluding hydrogens is 384 g/mol. The lowest BCUT2D eigenvalue weighted by Crippen LogP contribution is -2.37. The lowest BCUT2D eigenvalue weighted by molar-refractivity contribution is -0.344. The number of hydrogen-bond acceptors (Lipinski definition) is 2. The molecule has 0 bridgehead atoms. The lowest BCUT2D eigenvalue weighted by atomic mass is 10.4. The maximum Gasteiger partial charge on any atom is 0.430 e. The number of halogens is 3. The zero-order valence-electron chi connectivity index (χ0n) is 15.3. The van der Waals surface area contributed by atoms with Gasteiger partial charge in [-0.25, -0.2) is 0 Å². The summed E-state index contributed by atoms with van der Waals surface area (Å²) in [5.41, 5.74) is 0. The van der Waals surface area contributed by atoms with E-state index < -0.39 is 19.4 Å². The van der Waals surface area contributed by atoms with Crippen LogP contribution in [0.2, 0.25) is 0 Å². The maximum atomic E-state index is 10.5. The Hall–Kier alpha value is -2.65. The van der Waals surface area contributed by atoms with Crippen molar-refractivity contribution in [2.75, 3.05) is 6.16 Å². The van der Waals surface area contributed by atoms with Gasteiger partial charge in [0.05, 0.1) is 6.16 Å². The maximum absolute atomic E-state index is 10.5. The highest BCUT2D eigenvalue weighted by molar-refractivity contribution is 7.95. The molecule has 0 radical (unpaired) electrons. The summed E-state index contributed by atoms with van der Waals surface area (Å²) >= 11 is 0. The van der Waals surface area contributed by atoms with Gasteiger partial charge in [0.1, 0.15) is 29.1 Å². The fraction of sp³-hybridized carbons (Fsp3) is 0.136. The molecular formula is C22H20F3O2P. The minimum Gasteiger partial charge on any atom is -0.542 e. The largest absolute Gasteiger partial charge is 0.542 e. The minimum absolute atomic E-state index is 1.14. The van der Waals surface area contributed by atoms with E-state index in [-0.39, 0.29) is 0 Å². The molecule has 3 aromatic rings. The van der Waals surface area contributed by atoms with Gasteiger partial charge in [-0.15, -0.1) is 0 Å². The summed E-state index contributed by atoms with van der Waals surface area (Å²) < 4.78 is 31.5. The van der Waals surface area contributed by atoms with Crippen LogP contribution in [0.5, 0.6) is 0 Å². The molecule has 0 saturated carbocycles. The second-order valence-electron chi connectivity index (χ2n) is 5.92. The zero-order chi connectivity index (χ0) is 20.6. The normalized spacial score (nSPS) is 11.3. The first-order valence-corrected chi connectivity index (χ1v) is 10.6. The molecule has 0 saturated heterocycles. The third-order valence-corrected chi connectivity index (χ3v) is 8.78. The van der Waals surface area contributed by atoms with E-state index in [2.05, 4.69) is 97.9 Å². The molecule has 0 fully saturated rings. The van der Waals surface area contributed by atoms with Crippen molar-refractivity contribution in [2.24, 2.45) is 0 Å². The summed E-state index contributed by atoms with van der Waals surface area (Å²) in [6.07, 6.45) is -4.05. The third kappa shape index (κ3) is 4.99. The third-order valence-electron chi connectivity index (χ3n) is 4.30. The van der Waals surface area contributed by atoms with Crippen molar-refractivity contribution in [3.8, 4) is 0 Å². The van der Waals surface area contributed by atoms with E-state index in [4.69, 9.17) is 9.90 Å². The smallest absolute Gasteiger partial charge is 0.430 e. The van der Waals surface area contributed by atoms with Crippen LogP contribution in [0.4, 0.5) is 13.2 Å². The Morgan fingerprint density at radius 3 is 1.18 bits per heavy atom. The highest BCUT2D eigenvalue weighted by Crippen LogP contribution is 2.54. The highest BCUT2D eigenvalue weighted by atomic mass is 31.2. The van der Waals surface area contributed by atoms with Crippen LogP contribution in [0.25, 0.3) is 0 Å². The molecule has 0 aliphatic carbocycles. The standard InChI is InChI=1S/C20H20P.C2HF3O2/c1-2-21(18-12-6-3-7-13-18,19-14-8-4-9-15-19)20-16-10-5-11-17-20;3-2(4,5)1(6)7/h3-17H,2H2,1H3;(H,6,7)/q+1;/p-1. The molecule has 0 heterocycles. The van der Waals surface area contributed by atoms with Crippen molar-refractivity contribution in [3.63, 3.8) is 0 Å². The molecule has 0 aromatic heterocycles. The van der Waals surface area contributed by atoms with Crippen LogP contribution in [0.15, 0.2) is 91.0 Å². The first-order valence-electron chi connectivity index (χ1n) is 8.65. The van der Waals surface area contributed by atoms with Crippen LogP contribution in [-0.2, 0) is 4.79 Å². The van der Waals surface area contributed by atoms with E-state index in [0.29, 0.717) is 0 Å². The monoisotopic (exact) mass is 404 g/mol. The van der Waals surface area contributed by atoms with Gasteiger partial charge < -0.3 is 9.90 Å². The van der Waals surface area contributed by atoms with E-state index in [9.17, 15) is 13.2 Å². The van der Waals surface area contributed by atoms with Crippen molar-refractivity contribution in [1.82, 2.24) is 0 Å². The first-order chi connectivity index (χ1) is 13.3. The zero-order valence-corrected chi connectivity index (χ0v) is 16.2. The topological polar surface area (TPSA) is 40.1 Å². The molecule has 2 nitrogen and oxygen atoms in total. The molecule has 0 atom stereocenters. The van der Waals surface area contributed by atoms with Crippen LogP contribution in [-0.4, -0.2) is 18.3 Å². The van der Waals surface area contributed by atoms with E-state index in [1.807, 2.05) is 0 Å². The molecule has 0 N–H and O–H groups in total. The van der Waals surface area contributed by atoms with E-state index in [1.54, 1.807) is 0 Å². The summed E-state index contributed by atoms with van der Waals surface area (Å²) in [6, 6.07) is 33.0. The van der Waals surface area contributed by atoms with Crippen molar-refractivity contribution in [2.45, 2.75) is 13.1 Å². The predicted octanol–water partition coefficient (Wildman–Crippen LogP) is 3.30. The summed E-state index contributed by atoms with van der Waals surface area (Å²) in [6.45, 7) is 2.32. The summed E-state index contributed by atoms with van der Waals surface area (Å²) in [4.78, 5) is 8.78. The number of aliphatic carboxylic acids is 1. The second kappa shape index (κ2) is 9.52. The van der Waals surface area contributed by atoms with Gasteiger partial charge in [0.15, 0.2) is 0 Å². The van der Waals surface area contributed by atoms with Crippen LogP contribution >= 0.6 is 7.26 Å². The molecule has 6 heteroatoms. The van der Waals surface area contributed by atoms with Crippen LogP contribution in [0, 0.1) is 0 Å². The Bertz CT molecular complexity index is 770. The van der Waals surface area contributed by atoms with E-state index in [0.717, 1.165) is 6.16 Å². The SMILES string of the molecule is CC[P+](c1ccccc1)(c1ccccc1)c1ccccc1.O=C([O-])C(F)(F)F. The Morgan fingerprint density at radius 2 is 1.00 bits per heavy atom. The Labute approximate surface area is 163 Å². The van der Waals surface area contributed by atoms with Gasteiger partial charge in [-0.1, -0.05) is 54.6 Å². The number of alkyl halides is 3. The fourth-order valence-electron chi connectivity index (χ4n) is 3.04. The molecule has 0 spiro atoms. The first kappa shape index (κ1) is 21.6. The average Bonchev–Trinajstić information content (AvgIpc) is 2.71. The molecule has 28 heavy (non-hydrogen) atoms. The van der Waals surface area contributed by atoms with Crippen LogP contribution < -0.4 is 21.0 Å². The van der Waals surface area contributed by atoms with Gasteiger partial charge in [0.25, 0.3) is 0 Å². The number of carboxylic acids is 1. The van der Waals surface area contributed by atoms with E-state index >= 15 is 0 Å². The van der Waals surface area contributed by atoms with Gasteiger partial charge in [0, 0.05) is 0 Å².